The van der Waals surface area contributed by atoms with Crippen LogP contribution in [0.1, 0.15) is 19.8 Å². The van der Waals surface area contributed by atoms with Crippen LogP contribution in [0.4, 0.5) is 0 Å². The molecule has 1 aliphatic heterocycles. The second-order valence-electron chi connectivity index (χ2n) is 2.08. The first kappa shape index (κ1) is 6.21. The van der Waals surface area contributed by atoms with Gasteiger partial charge in [-0.1, -0.05) is 12.2 Å². The van der Waals surface area contributed by atoms with E-state index in [9.17, 15) is 0 Å². The Hall–Kier alpha value is 0.0900. The minimum absolute atomic E-state index is 0.847. The highest BCUT2D eigenvalue weighted by Crippen LogP contribution is 2.26. The Morgan fingerprint density at radius 2 is 2.50 bits per heavy atom. The van der Waals surface area contributed by atoms with Crippen LogP contribution in [-0.4, -0.2) is 11.0 Å². The third-order valence-corrected chi connectivity index (χ3v) is 2.72. The van der Waals surface area contributed by atoms with Gasteiger partial charge in [0.15, 0.2) is 0 Å². The molecular weight excluding hydrogens is 116 g/mol. The maximum atomic E-state index is 2.30. The van der Waals surface area contributed by atoms with E-state index < -0.39 is 0 Å². The van der Waals surface area contributed by atoms with E-state index in [0.717, 1.165) is 5.25 Å². The Bertz CT molecular complexity index is 80.4. The van der Waals surface area contributed by atoms with Gasteiger partial charge in [-0.3, -0.25) is 0 Å². The van der Waals surface area contributed by atoms with Crippen molar-refractivity contribution in [1.82, 2.24) is 0 Å². The lowest BCUT2D eigenvalue weighted by Gasteiger charge is -1.96. The fourth-order valence-electron chi connectivity index (χ4n) is 0.969. The quantitative estimate of drug-likeness (QED) is 0.489. The minimum Gasteiger partial charge on any atom is -0.154 e. The van der Waals surface area contributed by atoms with Gasteiger partial charge < -0.3 is 0 Å². The summed E-state index contributed by atoms with van der Waals surface area (Å²) in [5, 5.41) is 0.847. The standard InChI is InChI=1S/C7H12S/c1-2-4-7-5-3-6-8-7/h2,4,7H,3,5-6H2,1H3. The van der Waals surface area contributed by atoms with Gasteiger partial charge in [0, 0.05) is 5.25 Å². The Labute approximate surface area is 55.4 Å². The maximum Gasteiger partial charge on any atom is 0.0227 e. The van der Waals surface area contributed by atoms with E-state index in [0.29, 0.717) is 0 Å². The molecule has 1 atom stereocenters. The molecule has 0 aliphatic carbocycles. The van der Waals surface area contributed by atoms with E-state index in [-0.39, 0.29) is 0 Å². The van der Waals surface area contributed by atoms with Crippen molar-refractivity contribution in [3.05, 3.63) is 12.2 Å². The third-order valence-electron chi connectivity index (χ3n) is 1.37. The van der Waals surface area contributed by atoms with Gasteiger partial charge in [-0.15, -0.1) is 0 Å². The molecule has 1 heterocycles. The predicted molar refractivity (Wildman–Crippen MR) is 40.3 cm³/mol. The topological polar surface area (TPSA) is 0 Å². The Morgan fingerprint density at radius 1 is 1.62 bits per heavy atom. The molecule has 0 aromatic rings. The lowest BCUT2D eigenvalue weighted by atomic mass is 10.2. The van der Waals surface area contributed by atoms with Gasteiger partial charge in [-0.25, -0.2) is 0 Å². The molecule has 1 heteroatoms. The maximum absolute atomic E-state index is 2.30. The number of hydrogen-bond acceptors (Lipinski definition) is 1. The smallest absolute Gasteiger partial charge is 0.0227 e. The molecule has 0 aromatic heterocycles. The van der Waals surface area contributed by atoms with Gasteiger partial charge in [-0.05, 0) is 25.5 Å². The zero-order valence-corrected chi connectivity index (χ0v) is 6.08. The number of thioether (sulfide) groups is 1. The zero-order valence-electron chi connectivity index (χ0n) is 5.26. The van der Waals surface area contributed by atoms with Crippen LogP contribution in [-0.2, 0) is 0 Å². The van der Waals surface area contributed by atoms with Crippen molar-refractivity contribution in [3.63, 3.8) is 0 Å². The average Bonchev–Trinajstić information content (AvgIpc) is 2.19. The summed E-state index contributed by atoms with van der Waals surface area (Å²) in [6.07, 6.45) is 7.27. The van der Waals surface area contributed by atoms with E-state index >= 15 is 0 Å². The molecule has 1 fully saturated rings. The molecule has 0 amide bonds. The molecule has 1 unspecified atom stereocenters. The first-order valence-electron chi connectivity index (χ1n) is 3.18. The van der Waals surface area contributed by atoms with Crippen molar-refractivity contribution >= 4 is 11.8 Å². The summed E-state index contributed by atoms with van der Waals surface area (Å²) in [6, 6.07) is 0. The van der Waals surface area contributed by atoms with Crippen LogP contribution in [0.3, 0.4) is 0 Å². The van der Waals surface area contributed by atoms with Gasteiger partial charge in [0.25, 0.3) is 0 Å². The molecule has 0 nitrogen and oxygen atoms in total. The molecule has 1 rings (SSSR count). The molecule has 0 saturated carbocycles. The van der Waals surface area contributed by atoms with E-state index in [2.05, 4.69) is 30.8 Å². The summed E-state index contributed by atoms with van der Waals surface area (Å²) in [4.78, 5) is 0. The fourth-order valence-corrected chi connectivity index (χ4v) is 2.21. The summed E-state index contributed by atoms with van der Waals surface area (Å²) >= 11 is 2.08. The van der Waals surface area contributed by atoms with Crippen LogP contribution in [0.5, 0.6) is 0 Å². The van der Waals surface area contributed by atoms with Crippen LogP contribution < -0.4 is 0 Å². The minimum atomic E-state index is 0.847. The van der Waals surface area contributed by atoms with Crippen LogP contribution in [0, 0.1) is 0 Å². The second-order valence-corrected chi connectivity index (χ2v) is 3.42. The Kier molecular flexibility index (Phi) is 2.47. The monoisotopic (exact) mass is 128 g/mol. The summed E-state index contributed by atoms with van der Waals surface area (Å²) in [6.45, 7) is 2.10. The first-order valence-corrected chi connectivity index (χ1v) is 4.23. The van der Waals surface area contributed by atoms with Gasteiger partial charge in [0.05, 0.1) is 0 Å². The van der Waals surface area contributed by atoms with Crippen LogP contribution in [0.25, 0.3) is 0 Å². The molecule has 1 saturated heterocycles. The van der Waals surface area contributed by atoms with Crippen molar-refractivity contribution in [2.45, 2.75) is 25.0 Å². The Morgan fingerprint density at radius 3 is 3.00 bits per heavy atom. The van der Waals surface area contributed by atoms with Gasteiger partial charge >= 0.3 is 0 Å². The highest BCUT2D eigenvalue weighted by molar-refractivity contribution is 8.00. The summed E-state index contributed by atoms with van der Waals surface area (Å²) in [7, 11) is 0. The number of allylic oxidation sites excluding steroid dienone is 1. The van der Waals surface area contributed by atoms with Crippen LogP contribution >= 0.6 is 11.8 Å². The lowest BCUT2D eigenvalue weighted by molar-refractivity contribution is 0.880. The summed E-state index contributed by atoms with van der Waals surface area (Å²) < 4.78 is 0. The van der Waals surface area contributed by atoms with E-state index in [4.69, 9.17) is 0 Å². The first-order chi connectivity index (χ1) is 3.93. The van der Waals surface area contributed by atoms with Crippen molar-refractivity contribution in [2.24, 2.45) is 0 Å². The molecule has 0 radical (unpaired) electrons. The molecule has 0 spiro atoms. The normalized spacial score (nSPS) is 29.9. The largest absolute Gasteiger partial charge is 0.154 e. The molecule has 0 N–H and O–H groups in total. The number of hydrogen-bond donors (Lipinski definition) is 0. The highest BCUT2D eigenvalue weighted by Gasteiger charge is 2.10. The van der Waals surface area contributed by atoms with E-state index in [1.807, 2.05) is 0 Å². The van der Waals surface area contributed by atoms with Crippen LogP contribution in [0.2, 0.25) is 0 Å². The van der Waals surface area contributed by atoms with Crippen molar-refractivity contribution in [1.29, 1.82) is 0 Å². The molecule has 0 bridgehead atoms. The van der Waals surface area contributed by atoms with Crippen molar-refractivity contribution in [2.75, 3.05) is 5.75 Å². The second kappa shape index (κ2) is 3.18. The molecule has 0 aromatic carbocycles. The van der Waals surface area contributed by atoms with Gasteiger partial charge in [0.1, 0.15) is 0 Å². The highest BCUT2D eigenvalue weighted by atomic mass is 32.2. The fraction of sp³-hybridized carbons (Fsp3) is 0.714. The van der Waals surface area contributed by atoms with Crippen molar-refractivity contribution in [3.8, 4) is 0 Å². The number of rotatable bonds is 1. The van der Waals surface area contributed by atoms with Crippen molar-refractivity contribution < 1.29 is 0 Å². The molecule has 46 valence electrons. The van der Waals surface area contributed by atoms with Gasteiger partial charge in [-0.2, -0.15) is 11.8 Å². The lowest BCUT2D eigenvalue weighted by Crippen LogP contribution is -1.86. The van der Waals surface area contributed by atoms with E-state index in [1.165, 1.54) is 18.6 Å². The average molecular weight is 128 g/mol. The molecular formula is C7H12S. The predicted octanol–water partition coefficient (Wildman–Crippen LogP) is 2.46. The molecule has 8 heavy (non-hydrogen) atoms. The molecule has 1 aliphatic rings. The van der Waals surface area contributed by atoms with E-state index in [1.54, 1.807) is 0 Å². The summed E-state index contributed by atoms with van der Waals surface area (Å²) in [5.74, 6) is 1.37. The third kappa shape index (κ3) is 1.55. The van der Waals surface area contributed by atoms with Gasteiger partial charge in [0.2, 0.25) is 0 Å². The Balaban J connectivity index is 2.24. The SMILES string of the molecule is CC=CC1CCCS1. The zero-order chi connectivity index (χ0) is 5.82. The van der Waals surface area contributed by atoms with Crippen LogP contribution in [0.15, 0.2) is 12.2 Å². The summed E-state index contributed by atoms with van der Waals surface area (Å²) in [5.41, 5.74) is 0.